The van der Waals surface area contributed by atoms with Crippen molar-refractivity contribution in [2.75, 3.05) is 5.32 Å². The minimum absolute atomic E-state index is 0.159. The first kappa shape index (κ1) is 13.6. The SMILES string of the molecule is O=C1Nc2ccccc2/C1=N/N=C/c1ccc(O)c(O)c1O. The highest BCUT2D eigenvalue weighted by molar-refractivity contribution is 6.53. The Hall–Kier alpha value is -3.35. The number of aromatic hydroxyl groups is 3. The van der Waals surface area contributed by atoms with Gasteiger partial charge in [-0.25, -0.2) is 0 Å². The fourth-order valence-corrected chi connectivity index (χ4v) is 2.04. The van der Waals surface area contributed by atoms with Crippen LogP contribution in [0, 0.1) is 0 Å². The zero-order chi connectivity index (χ0) is 15.7. The highest BCUT2D eigenvalue weighted by Gasteiger charge is 2.25. The average molecular weight is 297 g/mol. The molecule has 7 nitrogen and oxygen atoms in total. The number of para-hydroxylation sites is 1. The third-order valence-corrected chi connectivity index (χ3v) is 3.16. The molecule has 0 atom stereocenters. The lowest BCUT2D eigenvalue weighted by atomic mass is 10.1. The van der Waals surface area contributed by atoms with Crippen molar-refractivity contribution in [2.45, 2.75) is 0 Å². The first-order valence-corrected chi connectivity index (χ1v) is 6.33. The van der Waals surface area contributed by atoms with Gasteiger partial charge in [0.1, 0.15) is 0 Å². The highest BCUT2D eigenvalue weighted by atomic mass is 16.3. The van der Waals surface area contributed by atoms with Gasteiger partial charge in [-0.15, -0.1) is 5.10 Å². The van der Waals surface area contributed by atoms with Crippen LogP contribution in [0.5, 0.6) is 17.2 Å². The number of phenols is 3. The molecule has 2 aromatic carbocycles. The average Bonchev–Trinajstić information content (AvgIpc) is 2.83. The van der Waals surface area contributed by atoms with Crippen molar-refractivity contribution < 1.29 is 20.1 Å². The van der Waals surface area contributed by atoms with Crippen LogP contribution in [-0.2, 0) is 4.79 Å². The molecule has 0 saturated carbocycles. The Morgan fingerprint density at radius 2 is 1.77 bits per heavy atom. The second kappa shape index (κ2) is 5.21. The Balaban J connectivity index is 1.92. The molecule has 2 aromatic rings. The van der Waals surface area contributed by atoms with E-state index in [2.05, 4.69) is 15.5 Å². The second-order valence-electron chi connectivity index (χ2n) is 4.56. The summed E-state index contributed by atoms with van der Waals surface area (Å²) in [7, 11) is 0. The molecular formula is C15H11N3O4. The van der Waals surface area contributed by atoms with Gasteiger partial charge >= 0.3 is 0 Å². The van der Waals surface area contributed by atoms with Crippen LogP contribution in [0.25, 0.3) is 0 Å². The molecule has 1 aliphatic rings. The van der Waals surface area contributed by atoms with E-state index in [1.54, 1.807) is 24.3 Å². The summed E-state index contributed by atoms with van der Waals surface area (Å²) in [5.74, 6) is -1.96. The van der Waals surface area contributed by atoms with Gasteiger partial charge in [0.15, 0.2) is 17.2 Å². The number of amides is 1. The standard InChI is InChI=1S/C15H11N3O4/c19-11-6-5-8(13(20)14(11)21)7-16-18-12-9-3-1-2-4-10(9)17-15(12)22/h1-7,19-21H,(H,17,18,22)/b16-7+. The van der Waals surface area contributed by atoms with E-state index in [4.69, 9.17) is 0 Å². The van der Waals surface area contributed by atoms with Gasteiger partial charge in [-0.3, -0.25) is 4.79 Å². The van der Waals surface area contributed by atoms with Gasteiger partial charge in [0, 0.05) is 11.1 Å². The summed E-state index contributed by atoms with van der Waals surface area (Å²) in [6.45, 7) is 0. The van der Waals surface area contributed by atoms with Crippen LogP contribution in [0.1, 0.15) is 11.1 Å². The van der Waals surface area contributed by atoms with Crippen molar-refractivity contribution in [2.24, 2.45) is 10.2 Å². The van der Waals surface area contributed by atoms with E-state index in [1.807, 2.05) is 0 Å². The van der Waals surface area contributed by atoms with Gasteiger partial charge in [-0.1, -0.05) is 18.2 Å². The van der Waals surface area contributed by atoms with E-state index in [0.29, 0.717) is 11.3 Å². The smallest absolute Gasteiger partial charge is 0.276 e. The highest BCUT2D eigenvalue weighted by Crippen LogP contribution is 2.36. The summed E-state index contributed by atoms with van der Waals surface area (Å²) in [6.07, 6.45) is 1.18. The predicted molar refractivity (Wildman–Crippen MR) is 80.6 cm³/mol. The van der Waals surface area contributed by atoms with Gasteiger partial charge < -0.3 is 20.6 Å². The molecule has 4 N–H and O–H groups in total. The van der Waals surface area contributed by atoms with E-state index in [0.717, 1.165) is 0 Å². The van der Waals surface area contributed by atoms with Crippen LogP contribution in [-0.4, -0.2) is 33.2 Å². The number of phenolic OH excluding ortho intramolecular Hbond substituents is 3. The molecule has 1 amide bonds. The van der Waals surface area contributed by atoms with E-state index in [-0.39, 0.29) is 17.2 Å². The monoisotopic (exact) mass is 297 g/mol. The number of carbonyl (C=O) groups is 1. The Morgan fingerprint density at radius 3 is 2.59 bits per heavy atom. The van der Waals surface area contributed by atoms with Crippen molar-refractivity contribution in [1.29, 1.82) is 0 Å². The minimum Gasteiger partial charge on any atom is -0.504 e. The zero-order valence-corrected chi connectivity index (χ0v) is 11.2. The molecule has 0 saturated heterocycles. The van der Waals surface area contributed by atoms with Gasteiger partial charge in [0.05, 0.1) is 11.9 Å². The molecular weight excluding hydrogens is 286 g/mol. The normalized spacial score (nSPS) is 15.3. The molecule has 0 fully saturated rings. The molecule has 0 aromatic heterocycles. The van der Waals surface area contributed by atoms with Crippen molar-refractivity contribution in [1.82, 2.24) is 0 Å². The lowest BCUT2D eigenvalue weighted by molar-refractivity contribution is -0.110. The van der Waals surface area contributed by atoms with Crippen molar-refractivity contribution in [3.05, 3.63) is 47.5 Å². The number of hydrogen-bond acceptors (Lipinski definition) is 6. The van der Waals surface area contributed by atoms with E-state index in [9.17, 15) is 20.1 Å². The summed E-state index contributed by atoms with van der Waals surface area (Å²) in [5.41, 5.74) is 1.62. The lowest BCUT2D eigenvalue weighted by Gasteiger charge is -2.02. The second-order valence-corrected chi connectivity index (χ2v) is 4.56. The molecule has 22 heavy (non-hydrogen) atoms. The van der Waals surface area contributed by atoms with Crippen LogP contribution in [0.2, 0.25) is 0 Å². The Morgan fingerprint density at radius 1 is 1.00 bits per heavy atom. The van der Waals surface area contributed by atoms with Crippen LogP contribution >= 0.6 is 0 Å². The first-order chi connectivity index (χ1) is 10.6. The number of carbonyl (C=O) groups excluding carboxylic acids is 1. The lowest BCUT2D eigenvalue weighted by Crippen LogP contribution is -2.13. The largest absolute Gasteiger partial charge is 0.504 e. The van der Waals surface area contributed by atoms with Crippen molar-refractivity contribution in [3.8, 4) is 17.2 Å². The molecule has 0 aliphatic carbocycles. The number of nitrogens with one attached hydrogen (secondary N) is 1. The topological polar surface area (TPSA) is 115 Å². The van der Waals surface area contributed by atoms with Gasteiger partial charge in [-0.2, -0.15) is 5.10 Å². The predicted octanol–water partition coefficient (Wildman–Crippen LogP) is 1.58. The maximum Gasteiger partial charge on any atom is 0.276 e. The summed E-state index contributed by atoms with van der Waals surface area (Å²) >= 11 is 0. The third kappa shape index (κ3) is 2.24. The minimum atomic E-state index is -0.638. The Kier molecular flexibility index (Phi) is 3.23. The molecule has 1 heterocycles. The number of nitrogens with zero attached hydrogens (tertiary/aromatic N) is 2. The van der Waals surface area contributed by atoms with Crippen LogP contribution in [0.15, 0.2) is 46.6 Å². The number of rotatable bonds is 2. The number of hydrogen-bond donors (Lipinski definition) is 4. The molecule has 0 spiro atoms. The number of fused-ring (bicyclic) bond motifs is 1. The van der Waals surface area contributed by atoms with Gasteiger partial charge in [0.25, 0.3) is 5.91 Å². The number of anilines is 1. The van der Waals surface area contributed by atoms with Crippen LogP contribution in [0.3, 0.4) is 0 Å². The Labute approximate surface area is 124 Å². The van der Waals surface area contributed by atoms with Crippen molar-refractivity contribution in [3.63, 3.8) is 0 Å². The summed E-state index contributed by atoms with van der Waals surface area (Å²) in [4.78, 5) is 11.8. The molecule has 0 radical (unpaired) electrons. The molecule has 3 rings (SSSR count). The summed E-state index contributed by atoms with van der Waals surface area (Å²) < 4.78 is 0. The molecule has 7 heteroatoms. The van der Waals surface area contributed by atoms with Gasteiger partial charge in [-0.05, 0) is 18.2 Å². The van der Waals surface area contributed by atoms with Crippen LogP contribution in [0.4, 0.5) is 5.69 Å². The van der Waals surface area contributed by atoms with Crippen molar-refractivity contribution >= 4 is 23.5 Å². The zero-order valence-electron chi connectivity index (χ0n) is 11.2. The van der Waals surface area contributed by atoms with Crippen LogP contribution < -0.4 is 5.32 Å². The molecule has 0 bridgehead atoms. The van der Waals surface area contributed by atoms with Gasteiger partial charge in [0.2, 0.25) is 5.75 Å². The van der Waals surface area contributed by atoms with E-state index in [1.165, 1.54) is 18.3 Å². The Bertz CT molecular complexity index is 828. The maximum absolute atomic E-state index is 11.8. The van der Waals surface area contributed by atoms with E-state index < -0.39 is 17.2 Å². The quantitative estimate of drug-likeness (QED) is 0.382. The maximum atomic E-state index is 11.8. The summed E-state index contributed by atoms with van der Waals surface area (Å²) in [6, 6.07) is 9.64. The number of benzene rings is 2. The molecule has 1 aliphatic heterocycles. The first-order valence-electron chi connectivity index (χ1n) is 6.33. The fraction of sp³-hybridized carbons (Fsp3) is 0. The third-order valence-electron chi connectivity index (χ3n) is 3.16. The molecule has 110 valence electrons. The summed E-state index contributed by atoms with van der Waals surface area (Å²) in [5, 5.41) is 38.6. The fourth-order valence-electron chi connectivity index (χ4n) is 2.04. The van der Waals surface area contributed by atoms with E-state index >= 15 is 0 Å². The molecule has 0 unspecified atom stereocenters.